The second-order valence-corrected chi connectivity index (χ2v) is 9.09. The van der Waals surface area contributed by atoms with Crippen molar-refractivity contribution in [1.29, 1.82) is 0 Å². The summed E-state index contributed by atoms with van der Waals surface area (Å²) < 4.78 is 32.1. The Morgan fingerprint density at radius 3 is 2.26 bits per heavy atom. The molecule has 0 saturated carbocycles. The first-order valence-corrected chi connectivity index (χ1v) is 10.8. The summed E-state index contributed by atoms with van der Waals surface area (Å²) in [4.78, 5) is 26.2. The molecule has 0 unspecified atom stereocenters. The fourth-order valence-electron chi connectivity index (χ4n) is 3.86. The molecule has 0 atom stereocenters. The average Bonchev–Trinajstić information content (AvgIpc) is 3.21. The predicted molar refractivity (Wildman–Crippen MR) is 99.8 cm³/mol. The van der Waals surface area contributed by atoms with Gasteiger partial charge in [0.2, 0.25) is 15.9 Å². The van der Waals surface area contributed by atoms with Gasteiger partial charge in [0.05, 0.1) is 17.6 Å². The van der Waals surface area contributed by atoms with E-state index in [1.807, 2.05) is 4.90 Å². The van der Waals surface area contributed by atoms with Gasteiger partial charge in [-0.1, -0.05) is 0 Å². The smallest absolute Gasteiger partial charge is 0.337 e. The molecule has 2 aliphatic rings. The van der Waals surface area contributed by atoms with Crippen LogP contribution in [-0.2, 0) is 19.6 Å². The number of benzene rings is 1. The predicted octanol–water partition coefficient (Wildman–Crippen LogP) is 1.80. The van der Waals surface area contributed by atoms with Gasteiger partial charge in [0.1, 0.15) is 0 Å². The molecule has 0 N–H and O–H groups in total. The van der Waals surface area contributed by atoms with Gasteiger partial charge in [-0.25, -0.2) is 13.2 Å². The van der Waals surface area contributed by atoms with Gasteiger partial charge in [-0.2, -0.15) is 4.31 Å². The highest BCUT2D eigenvalue weighted by molar-refractivity contribution is 7.89. The third kappa shape index (κ3) is 4.01. The van der Waals surface area contributed by atoms with E-state index in [1.54, 1.807) is 6.92 Å². The molecule has 148 valence electrons. The van der Waals surface area contributed by atoms with Crippen molar-refractivity contribution in [2.45, 2.75) is 37.5 Å². The van der Waals surface area contributed by atoms with Gasteiger partial charge >= 0.3 is 5.97 Å². The molecule has 27 heavy (non-hydrogen) atoms. The van der Waals surface area contributed by atoms with Crippen molar-refractivity contribution < 1.29 is 22.7 Å². The molecule has 7 nitrogen and oxygen atoms in total. The van der Waals surface area contributed by atoms with Crippen LogP contribution in [0.2, 0.25) is 0 Å². The van der Waals surface area contributed by atoms with E-state index in [0.29, 0.717) is 37.1 Å². The summed E-state index contributed by atoms with van der Waals surface area (Å²) in [5.74, 6) is -0.413. The first-order chi connectivity index (χ1) is 12.8. The van der Waals surface area contributed by atoms with Gasteiger partial charge in [0.15, 0.2) is 0 Å². The van der Waals surface area contributed by atoms with Gasteiger partial charge in [0.25, 0.3) is 0 Å². The molecule has 0 aliphatic carbocycles. The SMILES string of the molecule is COC(=O)c1ccc(S(=O)(=O)N2CCC(C(=O)N3CCCC3)CC2)c(C)c1. The zero-order valence-electron chi connectivity index (χ0n) is 15.8. The number of likely N-dealkylation sites (tertiary alicyclic amines) is 1. The number of sulfonamides is 1. The van der Waals surface area contributed by atoms with Crippen molar-refractivity contribution in [3.63, 3.8) is 0 Å². The molecular weight excluding hydrogens is 368 g/mol. The number of carbonyl (C=O) groups is 2. The maximum Gasteiger partial charge on any atom is 0.337 e. The second kappa shape index (κ2) is 7.98. The van der Waals surface area contributed by atoms with E-state index in [1.165, 1.54) is 29.6 Å². The van der Waals surface area contributed by atoms with Gasteiger partial charge in [-0.15, -0.1) is 0 Å². The molecule has 2 aliphatic heterocycles. The highest BCUT2D eigenvalue weighted by Crippen LogP contribution is 2.28. The first kappa shape index (κ1) is 19.8. The number of rotatable bonds is 4. The van der Waals surface area contributed by atoms with Crippen LogP contribution in [0.15, 0.2) is 23.1 Å². The standard InChI is InChI=1S/C19H26N2O5S/c1-14-13-16(19(23)26-2)5-6-17(14)27(24,25)21-11-7-15(8-12-21)18(22)20-9-3-4-10-20/h5-6,13,15H,3-4,7-12H2,1-2H3. The number of hydrogen-bond acceptors (Lipinski definition) is 5. The van der Waals surface area contributed by atoms with Gasteiger partial charge in [-0.05, 0) is 56.4 Å². The summed E-state index contributed by atoms with van der Waals surface area (Å²) in [6.45, 7) is 3.99. The van der Waals surface area contributed by atoms with E-state index in [-0.39, 0.29) is 16.7 Å². The lowest BCUT2D eigenvalue weighted by atomic mass is 9.97. The topological polar surface area (TPSA) is 84.0 Å². The van der Waals surface area contributed by atoms with E-state index in [0.717, 1.165) is 25.9 Å². The zero-order valence-corrected chi connectivity index (χ0v) is 16.6. The second-order valence-electron chi connectivity index (χ2n) is 7.18. The van der Waals surface area contributed by atoms with Crippen molar-refractivity contribution >= 4 is 21.9 Å². The normalized spacial score (nSPS) is 19.3. The molecule has 0 radical (unpaired) electrons. The average molecular weight is 394 g/mol. The van der Waals surface area contributed by atoms with E-state index < -0.39 is 16.0 Å². The maximum atomic E-state index is 13.0. The van der Waals surface area contributed by atoms with Crippen LogP contribution in [0.25, 0.3) is 0 Å². The van der Waals surface area contributed by atoms with Crippen molar-refractivity contribution in [3.8, 4) is 0 Å². The number of ether oxygens (including phenoxy) is 1. The Morgan fingerprint density at radius 1 is 1.07 bits per heavy atom. The highest BCUT2D eigenvalue weighted by atomic mass is 32.2. The Morgan fingerprint density at radius 2 is 1.70 bits per heavy atom. The molecule has 1 aromatic rings. The van der Waals surface area contributed by atoms with Gasteiger partial charge in [-0.3, -0.25) is 4.79 Å². The summed E-state index contributed by atoms with van der Waals surface area (Å²) >= 11 is 0. The molecule has 0 aromatic heterocycles. The van der Waals surface area contributed by atoms with Crippen LogP contribution in [0.5, 0.6) is 0 Å². The van der Waals surface area contributed by atoms with Crippen LogP contribution in [0.1, 0.15) is 41.6 Å². The van der Waals surface area contributed by atoms with Crippen molar-refractivity contribution in [2.75, 3.05) is 33.3 Å². The number of hydrogen-bond donors (Lipinski definition) is 0. The van der Waals surface area contributed by atoms with Crippen LogP contribution in [0.4, 0.5) is 0 Å². The Bertz CT molecular complexity index is 823. The first-order valence-electron chi connectivity index (χ1n) is 9.32. The highest BCUT2D eigenvalue weighted by Gasteiger charge is 2.35. The fourth-order valence-corrected chi connectivity index (χ4v) is 5.54. The number of esters is 1. The maximum absolute atomic E-state index is 13.0. The molecular formula is C19H26N2O5S. The van der Waals surface area contributed by atoms with Crippen molar-refractivity contribution in [1.82, 2.24) is 9.21 Å². The van der Waals surface area contributed by atoms with Crippen LogP contribution >= 0.6 is 0 Å². The van der Waals surface area contributed by atoms with Gasteiger partial charge < -0.3 is 9.64 Å². The monoisotopic (exact) mass is 394 g/mol. The summed E-state index contributed by atoms with van der Waals surface area (Å²) in [6.07, 6.45) is 3.21. The van der Waals surface area contributed by atoms with E-state index in [9.17, 15) is 18.0 Å². The number of carbonyl (C=O) groups excluding carboxylic acids is 2. The summed E-state index contributed by atoms with van der Waals surface area (Å²) in [5.41, 5.74) is 0.831. The molecule has 3 rings (SSSR count). The Balaban J connectivity index is 1.69. The van der Waals surface area contributed by atoms with Crippen LogP contribution < -0.4 is 0 Å². The number of amides is 1. The van der Waals surface area contributed by atoms with E-state index >= 15 is 0 Å². The lowest BCUT2D eigenvalue weighted by Gasteiger charge is -2.32. The molecule has 2 saturated heterocycles. The number of methoxy groups -OCH3 is 1. The molecule has 8 heteroatoms. The summed E-state index contributed by atoms with van der Waals surface area (Å²) in [5, 5.41) is 0. The quantitative estimate of drug-likeness (QED) is 0.727. The third-order valence-corrected chi connectivity index (χ3v) is 7.49. The molecule has 2 fully saturated rings. The minimum absolute atomic E-state index is 0.0858. The zero-order chi connectivity index (χ0) is 19.6. The number of aryl methyl sites for hydroxylation is 1. The largest absolute Gasteiger partial charge is 0.465 e. The van der Waals surface area contributed by atoms with Crippen LogP contribution in [-0.4, -0.2) is 62.8 Å². The third-order valence-electron chi connectivity index (χ3n) is 5.43. The molecule has 1 amide bonds. The molecule has 0 spiro atoms. The molecule has 1 aromatic carbocycles. The fraction of sp³-hybridized carbons (Fsp3) is 0.579. The lowest BCUT2D eigenvalue weighted by molar-refractivity contribution is -0.135. The Kier molecular flexibility index (Phi) is 5.86. The number of nitrogens with zero attached hydrogens (tertiary/aromatic N) is 2. The van der Waals surface area contributed by atoms with Crippen LogP contribution in [0.3, 0.4) is 0 Å². The van der Waals surface area contributed by atoms with Gasteiger partial charge in [0, 0.05) is 32.1 Å². The summed E-state index contributed by atoms with van der Waals surface area (Å²) in [7, 11) is -2.37. The van der Waals surface area contributed by atoms with E-state index in [2.05, 4.69) is 4.74 Å². The van der Waals surface area contributed by atoms with Crippen molar-refractivity contribution in [3.05, 3.63) is 29.3 Å². The molecule has 0 bridgehead atoms. The number of piperidine rings is 1. The van der Waals surface area contributed by atoms with Crippen molar-refractivity contribution in [2.24, 2.45) is 5.92 Å². The minimum atomic E-state index is -3.65. The Labute approximate surface area is 160 Å². The lowest BCUT2D eigenvalue weighted by Crippen LogP contribution is -2.43. The van der Waals surface area contributed by atoms with Crippen LogP contribution in [0, 0.1) is 12.8 Å². The minimum Gasteiger partial charge on any atom is -0.465 e. The Hall–Kier alpha value is -1.93. The summed E-state index contributed by atoms with van der Waals surface area (Å²) in [6, 6.07) is 4.45. The van der Waals surface area contributed by atoms with E-state index in [4.69, 9.17) is 0 Å². The molecule has 2 heterocycles.